The smallest absolute Gasteiger partial charge is 0.846 e. The van der Waals surface area contributed by atoms with Gasteiger partial charge < -0.3 is 34.2 Å². The average Bonchev–Trinajstić information content (AvgIpc) is 3.12. The number of hydrogen-bond acceptors (Lipinski definition) is 22. The van der Waals surface area contributed by atoms with Gasteiger partial charge in [-0.3, -0.25) is 14.8 Å². The summed E-state index contributed by atoms with van der Waals surface area (Å²) in [6.45, 7) is -0.639. The molecule has 316 valence electrons. The standard InChI is InChI=1S/C31H25N7O17S5.4Na/c39-10-11-56(42,43)17-6-4-16(5-7-17)32-29-34-30(36-31(41)35-29)33-22-14-18(57(44,45)46)12-15-13-24(59(50,51)52)26(27(40)25(15)22)38-37-21-9-8-19-20(28(21)60(53,54)55)2-1-3-23(19)58(47,48)49;;;;/h1-9,12-14,37,39H,10-11H2,(H,44,45,46)(H,47,48,49)(H,50,51,52)(H,53,54,55)(H3,32,33,34,35,36,41);;;;/q;4*+1/p-4/b38-26+;;;;. The molecular weight excluding hydrogens is 995 g/mol. The van der Waals surface area contributed by atoms with Crippen molar-refractivity contribution < 1.29 is 194 Å². The third-order valence-electron chi connectivity index (χ3n) is 8.12. The van der Waals surface area contributed by atoms with Crippen molar-refractivity contribution in [1.82, 2.24) is 15.0 Å². The maximum absolute atomic E-state index is 14.1. The Morgan fingerprint density at radius 2 is 1.39 bits per heavy atom. The molecule has 5 aromatic rings. The van der Waals surface area contributed by atoms with Crippen LogP contribution in [0.5, 0.6) is 6.01 Å². The van der Waals surface area contributed by atoms with Gasteiger partial charge in [-0.15, -0.1) is 0 Å². The number of fused-ring (bicyclic) bond motifs is 2. The summed E-state index contributed by atoms with van der Waals surface area (Å²) in [5, 5.41) is 26.7. The van der Waals surface area contributed by atoms with E-state index in [0.29, 0.717) is 18.2 Å². The molecule has 33 heteroatoms. The SMILES string of the molecule is O=C1/C(=N/Nc2ccc3c(S(=O)(=O)[O-])cccc3c2S(=O)(=O)O)C(S(=O)(=O)[O-])=Cc2cc(S(=O)(=O)[O-])cc(N=c3nc(Nc4ccc(S(=O)(=O)CCO)cc4)nc([O-])[nH]3)c21.[Na+].[Na+].[Na+].[Na+]. The number of rotatable bonds is 12. The van der Waals surface area contributed by atoms with E-state index in [1.807, 2.05) is 5.43 Å². The molecule has 5 N–H and O–H groups in total. The number of nitrogens with zero attached hydrogens (tertiary/aromatic N) is 4. The predicted molar refractivity (Wildman–Crippen MR) is 199 cm³/mol. The van der Waals surface area contributed by atoms with Crippen molar-refractivity contribution in [2.45, 2.75) is 19.6 Å². The fraction of sp³-hybridized carbons (Fsp3) is 0.0645. The number of carbonyl (C=O) groups excluding carboxylic acids is 1. The summed E-state index contributed by atoms with van der Waals surface area (Å²) in [6, 6.07) is 9.18. The monoisotopic (exact) mass is 1010 g/mol. The minimum atomic E-state index is -5.75. The Bertz CT molecular complexity index is 3390. The largest absolute Gasteiger partial charge is 1.00 e. The van der Waals surface area contributed by atoms with Crippen molar-refractivity contribution in [3.63, 3.8) is 0 Å². The topological polar surface area (TPSA) is 411 Å². The number of aromatic amines is 1. The number of hydrazone groups is 1. The van der Waals surface area contributed by atoms with Crippen LogP contribution in [0.15, 0.2) is 101 Å². The number of ketones is 1. The number of anilines is 3. The van der Waals surface area contributed by atoms with Crippen LogP contribution in [0, 0.1) is 0 Å². The Balaban J connectivity index is 0.00000352. The van der Waals surface area contributed by atoms with Gasteiger partial charge in [0.2, 0.25) is 17.3 Å². The maximum Gasteiger partial charge on any atom is 1.00 e. The third-order valence-corrected chi connectivity index (χ3v) is 13.3. The second kappa shape index (κ2) is 21.9. The van der Waals surface area contributed by atoms with Gasteiger partial charge in [-0.1, -0.05) is 18.2 Å². The molecule has 1 heterocycles. The van der Waals surface area contributed by atoms with Crippen molar-refractivity contribution in [2.75, 3.05) is 23.1 Å². The van der Waals surface area contributed by atoms with Crippen LogP contribution in [0.4, 0.5) is 23.0 Å². The number of carbonyl (C=O) groups is 1. The molecule has 64 heavy (non-hydrogen) atoms. The Morgan fingerprint density at radius 3 is 1.95 bits per heavy atom. The molecule has 0 amide bonds. The molecule has 0 spiro atoms. The van der Waals surface area contributed by atoms with Crippen LogP contribution >= 0.6 is 0 Å². The third kappa shape index (κ3) is 13.1. The van der Waals surface area contributed by atoms with Crippen LogP contribution in [-0.4, -0.2) is 104 Å². The number of H-pyrrole nitrogens is 1. The molecule has 0 saturated carbocycles. The van der Waals surface area contributed by atoms with Crippen LogP contribution < -0.4 is 140 Å². The summed E-state index contributed by atoms with van der Waals surface area (Å²) in [7, 11) is -25.6. The number of aliphatic hydroxyl groups excluding tert-OH is 1. The van der Waals surface area contributed by atoms with Crippen LogP contribution in [0.3, 0.4) is 0 Å². The Hall–Kier alpha value is -2.02. The first-order valence-corrected chi connectivity index (χ1v) is 23.2. The molecular formula is C31H21N7Na4O17S5. The van der Waals surface area contributed by atoms with Gasteiger partial charge in [-0.25, -0.2) is 43.6 Å². The molecule has 0 aliphatic heterocycles. The number of nitrogens with one attached hydrogen (secondary N) is 3. The number of allylic oxidation sites excluding steroid dienone is 1. The molecule has 0 fully saturated rings. The first-order valence-electron chi connectivity index (χ1n) is 15.9. The number of aromatic nitrogens is 3. The van der Waals surface area contributed by atoms with Crippen LogP contribution in [0.2, 0.25) is 0 Å². The zero-order chi connectivity index (χ0) is 44.2. The molecule has 0 unspecified atom stereocenters. The molecule has 0 atom stereocenters. The Labute approximate surface area is 451 Å². The zero-order valence-electron chi connectivity index (χ0n) is 33.2. The van der Waals surface area contributed by atoms with Crippen molar-refractivity contribution in [2.24, 2.45) is 10.1 Å². The van der Waals surface area contributed by atoms with E-state index in [4.69, 9.17) is 5.11 Å². The molecule has 1 aliphatic rings. The number of hydrogen-bond donors (Lipinski definition) is 5. The predicted octanol–water partition coefficient (Wildman–Crippen LogP) is -12.6. The molecule has 0 radical (unpaired) electrons. The second-order valence-corrected chi connectivity index (χ2v) is 19.6. The minimum absolute atomic E-state index is 0. The Morgan fingerprint density at radius 1 is 0.750 bits per heavy atom. The van der Waals surface area contributed by atoms with Gasteiger partial charge in [0.1, 0.15) is 41.0 Å². The van der Waals surface area contributed by atoms with E-state index in [1.54, 1.807) is 0 Å². The number of Topliss-reactive ketones (excluding diaryl/α,β-unsaturated/α-hetero) is 1. The van der Waals surface area contributed by atoms with Gasteiger partial charge in [-0.05, 0) is 60.2 Å². The molecule has 6 rings (SSSR count). The number of benzene rings is 4. The average molecular weight is 1020 g/mol. The molecule has 0 saturated heterocycles. The summed E-state index contributed by atoms with van der Waals surface area (Å²) in [5.74, 6) is -2.60. The van der Waals surface area contributed by atoms with Gasteiger partial charge in [0.05, 0.1) is 54.9 Å². The van der Waals surface area contributed by atoms with E-state index >= 15 is 0 Å². The summed E-state index contributed by atoms with van der Waals surface area (Å²) in [4.78, 5) is 22.9. The fourth-order valence-corrected chi connectivity index (χ4v) is 9.40. The quantitative estimate of drug-likeness (QED) is 0.0440. The van der Waals surface area contributed by atoms with E-state index in [0.717, 1.165) is 42.5 Å². The van der Waals surface area contributed by atoms with E-state index < -0.39 is 145 Å². The van der Waals surface area contributed by atoms with E-state index in [-0.39, 0.29) is 129 Å². The van der Waals surface area contributed by atoms with E-state index in [9.17, 15) is 70.2 Å². The van der Waals surface area contributed by atoms with E-state index in [1.165, 1.54) is 12.1 Å². The van der Waals surface area contributed by atoms with Gasteiger partial charge in [0.25, 0.3) is 10.1 Å². The van der Waals surface area contributed by atoms with Crippen molar-refractivity contribution in [3.8, 4) is 6.01 Å². The molecule has 4 aromatic carbocycles. The first-order chi connectivity index (χ1) is 27.8. The van der Waals surface area contributed by atoms with Gasteiger partial charge in [0, 0.05) is 16.5 Å². The van der Waals surface area contributed by atoms with Gasteiger partial charge >= 0.3 is 118 Å². The molecule has 0 bridgehead atoms. The van der Waals surface area contributed by atoms with Gasteiger partial charge in [-0.2, -0.15) is 18.5 Å². The van der Waals surface area contributed by atoms with Crippen molar-refractivity contribution in [3.05, 3.63) is 88.4 Å². The summed E-state index contributed by atoms with van der Waals surface area (Å²) in [6.07, 6.45) is 0.433. The van der Waals surface area contributed by atoms with Crippen molar-refractivity contribution >= 4 is 102 Å². The number of sulfone groups is 1. The summed E-state index contributed by atoms with van der Waals surface area (Å²) in [5.41, 5.74) is -2.91. The second-order valence-electron chi connectivity index (χ2n) is 12.1. The number of aliphatic hydroxyl groups is 1. The fourth-order valence-electron chi connectivity index (χ4n) is 5.66. The van der Waals surface area contributed by atoms with Crippen LogP contribution in [0.1, 0.15) is 15.9 Å². The normalized spacial score (nSPS) is 14.0. The Kier molecular flexibility index (Phi) is 19.9. The first kappa shape index (κ1) is 58.1. The maximum atomic E-state index is 14.1. The van der Waals surface area contributed by atoms with E-state index in [2.05, 4.69) is 30.4 Å². The zero-order valence-corrected chi connectivity index (χ0v) is 45.3. The summed E-state index contributed by atoms with van der Waals surface area (Å²) >= 11 is 0. The van der Waals surface area contributed by atoms with Crippen molar-refractivity contribution in [1.29, 1.82) is 0 Å². The van der Waals surface area contributed by atoms with Crippen LogP contribution in [0.25, 0.3) is 16.8 Å². The molecule has 1 aliphatic carbocycles. The molecule has 1 aromatic heterocycles. The molecule has 24 nitrogen and oxygen atoms in total. The van der Waals surface area contributed by atoms with Crippen LogP contribution in [-0.2, 0) is 50.3 Å². The van der Waals surface area contributed by atoms with Gasteiger partial charge in [0.15, 0.2) is 9.84 Å². The minimum Gasteiger partial charge on any atom is -0.846 e. The summed E-state index contributed by atoms with van der Waals surface area (Å²) < 4.78 is 169.